The Morgan fingerprint density at radius 3 is 2.62 bits per heavy atom. The van der Waals surface area contributed by atoms with Gasteiger partial charge in [0.25, 0.3) is 0 Å². The van der Waals surface area contributed by atoms with Gasteiger partial charge in [0.1, 0.15) is 0 Å². The van der Waals surface area contributed by atoms with E-state index in [0.29, 0.717) is 6.04 Å². The molecule has 3 aromatic rings. The van der Waals surface area contributed by atoms with Crippen molar-refractivity contribution in [1.82, 2.24) is 0 Å². The van der Waals surface area contributed by atoms with Gasteiger partial charge >= 0.3 is 0 Å². The number of hydrogen-bond acceptors (Lipinski definition) is 0. The van der Waals surface area contributed by atoms with Crippen LogP contribution in [0.5, 0.6) is 0 Å². The molecule has 0 saturated carbocycles. The number of benzene rings is 1. The van der Waals surface area contributed by atoms with Crippen molar-refractivity contribution in [3.05, 3.63) is 72.1 Å². The normalized spacial score (nSPS) is 17.1. The monoisotopic (exact) mass is 272 g/mol. The Kier molecular flexibility index (Phi) is 2.02. The second-order valence-electron chi connectivity index (χ2n) is 5.98. The van der Waals surface area contributed by atoms with Crippen LogP contribution >= 0.6 is 0 Å². The first-order valence-electron chi connectivity index (χ1n) is 7.49. The molecule has 1 aromatic carbocycles. The van der Waals surface area contributed by atoms with Gasteiger partial charge in [0.15, 0.2) is 25.0 Å². The maximum absolute atomic E-state index is 2.40. The Balaban J connectivity index is 1.79. The van der Waals surface area contributed by atoms with Gasteiger partial charge in [-0.3, -0.25) is 0 Å². The van der Waals surface area contributed by atoms with E-state index in [2.05, 4.69) is 77.0 Å². The Labute approximate surface area is 123 Å². The Bertz CT molecular complexity index is 896. The number of aromatic nitrogens is 2. The molecular formula is C19H16N2+2. The number of pyridine rings is 2. The van der Waals surface area contributed by atoms with Crippen molar-refractivity contribution in [1.29, 1.82) is 0 Å². The summed E-state index contributed by atoms with van der Waals surface area (Å²) >= 11 is 0. The third-order valence-corrected chi connectivity index (χ3v) is 4.87. The van der Waals surface area contributed by atoms with Crippen LogP contribution in [0.4, 0.5) is 0 Å². The van der Waals surface area contributed by atoms with Gasteiger partial charge in [0, 0.05) is 42.3 Å². The van der Waals surface area contributed by atoms with Crippen LogP contribution in [0.3, 0.4) is 0 Å². The number of hydrogen-bond donors (Lipinski definition) is 0. The zero-order chi connectivity index (χ0) is 14.0. The summed E-state index contributed by atoms with van der Waals surface area (Å²) in [6, 6.07) is 18.1. The van der Waals surface area contributed by atoms with Crippen molar-refractivity contribution in [2.45, 2.75) is 19.5 Å². The first kappa shape index (κ1) is 11.2. The molecule has 0 fully saturated rings. The number of rotatable bonds is 0. The largest absolute Gasteiger partial charge is 0.213 e. The maximum atomic E-state index is 2.40. The van der Waals surface area contributed by atoms with Crippen molar-refractivity contribution in [2.24, 2.45) is 0 Å². The van der Waals surface area contributed by atoms with Crippen molar-refractivity contribution in [3.8, 4) is 22.5 Å². The molecule has 0 bridgehead atoms. The van der Waals surface area contributed by atoms with Crippen LogP contribution in [0.15, 0.2) is 60.9 Å². The van der Waals surface area contributed by atoms with E-state index in [1.807, 2.05) is 0 Å². The summed E-state index contributed by atoms with van der Waals surface area (Å²) in [5.41, 5.74) is 8.35. The summed E-state index contributed by atoms with van der Waals surface area (Å²) in [7, 11) is 0. The summed E-state index contributed by atoms with van der Waals surface area (Å²) < 4.78 is 4.71. The molecule has 21 heavy (non-hydrogen) atoms. The highest BCUT2D eigenvalue weighted by Gasteiger charge is 2.36. The number of fused-ring (bicyclic) bond motifs is 6. The summed E-state index contributed by atoms with van der Waals surface area (Å²) in [5.74, 6) is 0. The van der Waals surface area contributed by atoms with Gasteiger partial charge in [0.2, 0.25) is 11.4 Å². The van der Waals surface area contributed by atoms with Crippen molar-refractivity contribution in [2.75, 3.05) is 0 Å². The molecule has 2 aliphatic heterocycles. The molecule has 0 spiro atoms. The highest BCUT2D eigenvalue weighted by molar-refractivity contribution is 5.74. The van der Waals surface area contributed by atoms with E-state index in [-0.39, 0.29) is 0 Å². The molecule has 1 unspecified atom stereocenters. The molecule has 0 radical (unpaired) electrons. The lowest BCUT2D eigenvalue weighted by Gasteiger charge is -2.02. The molecule has 2 heteroatoms. The SMILES string of the molecule is CC1c2cc3c(cc2-c2cccc[n+]21)C[n+]1ccccc1-3. The molecule has 0 amide bonds. The van der Waals surface area contributed by atoms with Crippen molar-refractivity contribution in [3.63, 3.8) is 0 Å². The molecule has 0 N–H and O–H groups in total. The molecule has 0 saturated heterocycles. The summed E-state index contributed by atoms with van der Waals surface area (Å²) in [4.78, 5) is 0. The van der Waals surface area contributed by atoms with E-state index in [9.17, 15) is 0 Å². The van der Waals surface area contributed by atoms with Gasteiger partial charge in [0.05, 0.1) is 11.1 Å². The van der Waals surface area contributed by atoms with E-state index >= 15 is 0 Å². The Morgan fingerprint density at radius 1 is 0.905 bits per heavy atom. The molecule has 1 atom stereocenters. The van der Waals surface area contributed by atoms with E-state index in [1.54, 1.807) is 0 Å². The average molecular weight is 272 g/mol. The third kappa shape index (κ3) is 1.37. The topological polar surface area (TPSA) is 7.76 Å². The second-order valence-corrected chi connectivity index (χ2v) is 5.98. The minimum absolute atomic E-state index is 0.416. The quantitative estimate of drug-likeness (QED) is 0.435. The predicted molar refractivity (Wildman–Crippen MR) is 80.6 cm³/mol. The lowest BCUT2D eigenvalue weighted by atomic mass is 9.96. The highest BCUT2D eigenvalue weighted by atomic mass is 15.0. The van der Waals surface area contributed by atoms with Crippen LogP contribution in [0.2, 0.25) is 0 Å². The van der Waals surface area contributed by atoms with E-state index < -0.39 is 0 Å². The van der Waals surface area contributed by atoms with E-state index in [1.165, 1.54) is 33.6 Å². The first-order valence-corrected chi connectivity index (χ1v) is 7.49. The second kappa shape index (κ2) is 3.79. The van der Waals surface area contributed by atoms with E-state index in [0.717, 1.165) is 6.54 Å². The lowest BCUT2D eigenvalue weighted by Crippen LogP contribution is -2.35. The summed E-state index contributed by atoms with van der Waals surface area (Å²) in [6.45, 7) is 3.27. The van der Waals surface area contributed by atoms with Crippen LogP contribution in [0, 0.1) is 0 Å². The summed E-state index contributed by atoms with van der Waals surface area (Å²) in [5, 5.41) is 0. The third-order valence-electron chi connectivity index (χ3n) is 4.87. The van der Waals surface area contributed by atoms with Crippen molar-refractivity contribution >= 4 is 0 Å². The van der Waals surface area contributed by atoms with Crippen LogP contribution in [0.25, 0.3) is 22.5 Å². The molecule has 2 nitrogen and oxygen atoms in total. The Morgan fingerprint density at radius 2 is 1.71 bits per heavy atom. The van der Waals surface area contributed by atoms with Gasteiger partial charge in [-0.05, 0) is 24.3 Å². The van der Waals surface area contributed by atoms with Gasteiger partial charge in [-0.1, -0.05) is 0 Å². The average Bonchev–Trinajstić information content (AvgIpc) is 3.02. The fourth-order valence-electron chi connectivity index (χ4n) is 3.81. The smallest absolute Gasteiger partial charge is 0.194 e. The molecule has 5 rings (SSSR count). The molecule has 2 aliphatic rings. The molecule has 4 heterocycles. The lowest BCUT2D eigenvalue weighted by molar-refractivity contribution is -0.694. The van der Waals surface area contributed by atoms with Gasteiger partial charge < -0.3 is 0 Å². The zero-order valence-corrected chi connectivity index (χ0v) is 12.0. The molecule has 0 aliphatic carbocycles. The standard InChI is InChI=1S/C19H16N2/c1-13-15-11-16-14(12-20-8-4-2-6-18(16)20)10-17(15)19-7-3-5-9-21(13)19/h2-11,13H,12H2,1H3/q+2. The van der Waals surface area contributed by atoms with Crippen LogP contribution in [0.1, 0.15) is 24.1 Å². The van der Waals surface area contributed by atoms with Gasteiger partial charge in [-0.25, -0.2) is 0 Å². The number of nitrogens with zero attached hydrogens (tertiary/aromatic N) is 2. The highest BCUT2D eigenvalue weighted by Crippen LogP contribution is 2.39. The zero-order valence-electron chi connectivity index (χ0n) is 12.0. The summed E-state index contributed by atoms with van der Waals surface area (Å²) in [6.07, 6.45) is 4.36. The fourth-order valence-corrected chi connectivity index (χ4v) is 3.81. The molecule has 2 aromatic heterocycles. The fraction of sp³-hybridized carbons (Fsp3) is 0.158. The van der Waals surface area contributed by atoms with Gasteiger partial charge in [-0.15, -0.1) is 0 Å². The first-order chi connectivity index (χ1) is 10.3. The minimum atomic E-state index is 0.416. The molecular weight excluding hydrogens is 256 g/mol. The van der Waals surface area contributed by atoms with Crippen LogP contribution in [-0.4, -0.2) is 0 Å². The van der Waals surface area contributed by atoms with E-state index in [4.69, 9.17) is 0 Å². The molecule has 100 valence electrons. The predicted octanol–water partition coefficient (Wildman–Crippen LogP) is 2.88. The minimum Gasteiger partial charge on any atom is -0.194 e. The van der Waals surface area contributed by atoms with Crippen LogP contribution in [-0.2, 0) is 6.54 Å². The Hall–Kier alpha value is -2.48. The van der Waals surface area contributed by atoms with Gasteiger partial charge in [-0.2, -0.15) is 9.13 Å². The van der Waals surface area contributed by atoms with Crippen molar-refractivity contribution < 1.29 is 9.13 Å². The van der Waals surface area contributed by atoms with Crippen LogP contribution < -0.4 is 9.13 Å². The maximum Gasteiger partial charge on any atom is 0.213 e.